The number of likely N-dealkylation sites (tertiary alicyclic amines) is 1. The van der Waals surface area contributed by atoms with Crippen LogP contribution in [-0.4, -0.2) is 34.3 Å². The molecule has 162 valence electrons. The maximum absolute atomic E-state index is 13.7. The molecule has 1 fully saturated rings. The van der Waals surface area contributed by atoms with Gasteiger partial charge < -0.3 is 15.2 Å². The minimum absolute atomic E-state index is 0.0459. The molecule has 0 radical (unpaired) electrons. The van der Waals surface area contributed by atoms with Crippen molar-refractivity contribution in [3.05, 3.63) is 64.6 Å². The van der Waals surface area contributed by atoms with Crippen molar-refractivity contribution in [2.24, 2.45) is 0 Å². The van der Waals surface area contributed by atoms with Crippen LogP contribution in [-0.2, 0) is 11.2 Å². The molecule has 31 heavy (non-hydrogen) atoms. The van der Waals surface area contributed by atoms with Crippen molar-refractivity contribution in [1.29, 1.82) is 0 Å². The zero-order valence-corrected chi connectivity index (χ0v) is 18.2. The Kier molecular flexibility index (Phi) is 5.81. The summed E-state index contributed by atoms with van der Waals surface area (Å²) in [4.78, 5) is 30.8. The number of halogens is 1. The highest BCUT2D eigenvalue weighted by Gasteiger charge is 2.24. The molecule has 1 saturated heterocycles. The Morgan fingerprint density at radius 3 is 2.71 bits per heavy atom. The predicted molar refractivity (Wildman–Crippen MR) is 121 cm³/mol. The molecule has 0 aliphatic carbocycles. The van der Waals surface area contributed by atoms with Crippen LogP contribution in [0, 0.1) is 19.7 Å². The normalized spacial score (nSPS) is 16.5. The summed E-state index contributed by atoms with van der Waals surface area (Å²) in [7, 11) is 0. The smallest absolute Gasteiger partial charge is 0.254 e. The number of piperidine rings is 1. The van der Waals surface area contributed by atoms with Crippen molar-refractivity contribution in [1.82, 2.24) is 9.88 Å². The number of nitrogens with one attached hydrogen (secondary N) is 2. The van der Waals surface area contributed by atoms with E-state index in [1.165, 1.54) is 12.1 Å². The van der Waals surface area contributed by atoms with Crippen LogP contribution in [0.5, 0.6) is 0 Å². The van der Waals surface area contributed by atoms with Crippen LogP contribution < -0.4 is 5.32 Å². The van der Waals surface area contributed by atoms with E-state index < -0.39 is 0 Å². The van der Waals surface area contributed by atoms with Crippen LogP contribution in [0.2, 0.25) is 0 Å². The molecule has 1 unspecified atom stereocenters. The largest absolute Gasteiger partial charge is 0.358 e. The Labute approximate surface area is 181 Å². The van der Waals surface area contributed by atoms with Gasteiger partial charge in [0.1, 0.15) is 5.82 Å². The summed E-state index contributed by atoms with van der Waals surface area (Å²) in [5.74, 6) is -0.461. The van der Waals surface area contributed by atoms with Crippen LogP contribution in [0.4, 0.5) is 10.1 Å². The summed E-state index contributed by atoms with van der Waals surface area (Å²) in [6.07, 6.45) is 3.38. The summed E-state index contributed by atoms with van der Waals surface area (Å²) in [6.45, 7) is 6.66. The van der Waals surface area contributed by atoms with Gasteiger partial charge in [0.25, 0.3) is 5.91 Å². The number of H-pyrrole nitrogens is 1. The average molecular weight is 422 g/mol. The summed E-state index contributed by atoms with van der Waals surface area (Å²) in [5.41, 5.74) is 4.61. The number of benzene rings is 2. The van der Waals surface area contributed by atoms with Gasteiger partial charge in [-0.2, -0.15) is 0 Å². The highest BCUT2D eigenvalue weighted by Crippen LogP contribution is 2.25. The molecule has 2 amide bonds. The topological polar surface area (TPSA) is 65.2 Å². The van der Waals surface area contributed by atoms with Gasteiger partial charge in [0.05, 0.1) is 6.42 Å². The van der Waals surface area contributed by atoms with Gasteiger partial charge in [-0.3, -0.25) is 9.59 Å². The number of amides is 2. The lowest BCUT2D eigenvalue weighted by Crippen LogP contribution is -2.42. The number of aromatic nitrogens is 1. The lowest BCUT2D eigenvalue weighted by atomic mass is 10.0. The Balaban J connectivity index is 1.48. The van der Waals surface area contributed by atoms with Gasteiger partial charge in [-0.05, 0) is 87.6 Å². The van der Waals surface area contributed by atoms with Crippen LogP contribution >= 0.6 is 0 Å². The number of aromatic amines is 1. The molecular formula is C25H28FN3O2. The first-order valence-corrected chi connectivity index (χ1v) is 10.8. The number of hydrogen-bond donors (Lipinski definition) is 2. The molecule has 2 N–H and O–H groups in total. The average Bonchev–Trinajstić information content (AvgIpc) is 3.04. The molecule has 5 nitrogen and oxygen atoms in total. The highest BCUT2D eigenvalue weighted by atomic mass is 19.1. The third-order valence-corrected chi connectivity index (χ3v) is 6.23. The monoisotopic (exact) mass is 421 g/mol. The van der Waals surface area contributed by atoms with Gasteiger partial charge in [-0.15, -0.1) is 0 Å². The Bertz CT molecular complexity index is 1150. The number of fused-ring (bicyclic) bond motifs is 1. The van der Waals surface area contributed by atoms with Gasteiger partial charge in [0.15, 0.2) is 0 Å². The first-order chi connectivity index (χ1) is 14.8. The summed E-state index contributed by atoms with van der Waals surface area (Å²) in [5, 5.41) is 3.66. The fraction of sp³-hybridized carbons (Fsp3) is 0.360. The van der Waals surface area contributed by atoms with E-state index in [4.69, 9.17) is 0 Å². The maximum atomic E-state index is 13.7. The maximum Gasteiger partial charge on any atom is 0.254 e. The number of carbonyl (C=O) groups is 2. The van der Waals surface area contributed by atoms with Crippen molar-refractivity contribution < 1.29 is 14.0 Å². The molecule has 4 rings (SSSR count). The molecule has 1 aromatic heterocycles. The van der Waals surface area contributed by atoms with E-state index in [1.54, 1.807) is 18.2 Å². The lowest BCUT2D eigenvalue weighted by Gasteiger charge is -2.33. The SMILES string of the molecule is Cc1cc(C(=O)N2CCCCC2C)ccc1NC(=O)Cc1c(C)[nH]c2ccc(F)cc12. The van der Waals surface area contributed by atoms with E-state index in [9.17, 15) is 14.0 Å². The van der Waals surface area contributed by atoms with E-state index in [0.717, 1.165) is 53.5 Å². The molecule has 0 saturated carbocycles. The second-order valence-corrected chi connectivity index (χ2v) is 8.52. The number of anilines is 1. The van der Waals surface area contributed by atoms with Crippen molar-refractivity contribution in [2.75, 3.05) is 11.9 Å². The van der Waals surface area contributed by atoms with E-state index in [1.807, 2.05) is 24.8 Å². The molecule has 6 heteroatoms. The predicted octanol–water partition coefficient (Wildman–Crippen LogP) is 5.12. The standard InChI is InChI=1S/C25H28FN3O2/c1-15-12-18(25(31)29-11-5-4-6-16(29)2)7-9-22(15)28-24(30)14-20-17(3)27-23-10-8-19(26)13-21(20)23/h7-10,12-13,16,27H,4-6,11,14H2,1-3H3,(H,28,30). The van der Waals surface area contributed by atoms with E-state index in [-0.39, 0.29) is 30.1 Å². The third kappa shape index (κ3) is 4.33. The van der Waals surface area contributed by atoms with Crippen molar-refractivity contribution in [3.63, 3.8) is 0 Å². The molecule has 1 aliphatic heterocycles. The number of hydrogen-bond acceptors (Lipinski definition) is 2. The van der Waals surface area contributed by atoms with Gasteiger partial charge in [0.2, 0.25) is 5.91 Å². The van der Waals surface area contributed by atoms with Gasteiger partial charge in [0, 0.05) is 40.4 Å². The van der Waals surface area contributed by atoms with Gasteiger partial charge in [-0.1, -0.05) is 0 Å². The second kappa shape index (κ2) is 8.53. The zero-order chi connectivity index (χ0) is 22.1. The molecule has 0 spiro atoms. The van der Waals surface area contributed by atoms with Crippen LogP contribution in [0.15, 0.2) is 36.4 Å². The number of carbonyl (C=O) groups excluding carboxylic acids is 2. The lowest BCUT2D eigenvalue weighted by molar-refractivity contribution is -0.115. The Hall–Kier alpha value is -3.15. The van der Waals surface area contributed by atoms with Crippen molar-refractivity contribution in [2.45, 2.75) is 52.5 Å². The minimum atomic E-state index is -0.327. The van der Waals surface area contributed by atoms with E-state index in [0.29, 0.717) is 11.3 Å². The van der Waals surface area contributed by atoms with Gasteiger partial charge >= 0.3 is 0 Å². The number of aryl methyl sites for hydroxylation is 2. The molecule has 3 aromatic rings. The minimum Gasteiger partial charge on any atom is -0.358 e. The molecule has 1 atom stereocenters. The van der Waals surface area contributed by atoms with Crippen LogP contribution in [0.25, 0.3) is 10.9 Å². The number of rotatable bonds is 4. The van der Waals surface area contributed by atoms with Crippen LogP contribution in [0.1, 0.15) is 53.4 Å². The first-order valence-electron chi connectivity index (χ1n) is 10.8. The number of nitrogens with zero attached hydrogens (tertiary/aromatic N) is 1. The fourth-order valence-electron chi connectivity index (χ4n) is 4.44. The highest BCUT2D eigenvalue weighted by molar-refractivity contribution is 5.98. The van der Waals surface area contributed by atoms with Crippen LogP contribution in [0.3, 0.4) is 0 Å². The van der Waals surface area contributed by atoms with Crippen molar-refractivity contribution in [3.8, 4) is 0 Å². The molecule has 2 aromatic carbocycles. The second-order valence-electron chi connectivity index (χ2n) is 8.52. The summed E-state index contributed by atoms with van der Waals surface area (Å²) in [6, 6.07) is 10.2. The van der Waals surface area contributed by atoms with E-state index in [2.05, 4.69) is 17.2 Å². The molecule has 1 aliphatic rings. The summed E-state index contributed by atoms with van der Waals surface area (Å²) < 4.78 is 13.7. The fourth-order valence-corrected chi connectivity index (χ4v) is 4.44. The Morgan fingerprint density at radius 1 is 1.16 bits per heavy atom. The quantitative estimate of drug-likeness (QED) is 0.614. The van der Waals surface area contributed by atoms with Gasteiger partial charge in [-0.25, -0.2) is 4.39 Å². The third-order valence-electron chi connectivity index (χ3n) is 6.23. The molecule has 0 bridgehead atoms. The first kappa shape index (κ1) is 21.1. The zero-order valence-electron chi connectivity index (χ0n) is 18.2. The molecular weight excluding hydrogens is 393 g/mol. The van der Waals surface area contributed by atoms with E-state index >= 15 is 0 Å². The van der Waals surface area contributed by atoms with Crippen molar-refractivity contribution >= 4 is 28.4 Å². The molecule has 2 heterocycles. The Morgan fingerprint density at radius 2 is 1.97 bits per heavy atom. The summed E-state index contributed by atoms with van der Waals surface area (Å²) >= 11 is 0.